The number of benzene rings is 2. The second-order valence-corrected chi connectivity index (χ2v) is 7.50. The molecule has 1 aromatic heterocycles. The summed E-state index contributed by atoms with van der Waals surface area (Å²) in [4.78, 5) is 11.7. The maximum Gasteiger partial charge on any atom is 0.271 e. The third-order valence-electron chi connectivity index (χ3n) is 3.44. The third-order valence-corrected chi connectivity index (χ3v) is 6.13. The normalized spacial score (nSPS) is 11.8. The van der Waals surface area contributed by atoms with Gasteiger partial charge in [-0.05, 0) is 24.3 Å². The molecule has 2 aromatic carbocycles. The molecule has 3 aromatic rings. The number of halogens is 2. The molecule has 0 atom stereocenters. The predicted octanol–water partition coefficient (Wildman–Crippen LogP) is 4.39. The summed E-state index contributed by atoms with van der Waals surface area (Å²) in [5.41, 5.74) is 0.455. The molecule has 0 aliphatic carbocycles. The first-order valence-electron chi connectivity index (χ1n) is 6.65. The van der Waals surface area contributed by atoms with Crippen molar-refractivity contribution >= 4 is 49.9 Å². The van der Waals surface area contributed by atoms with Crippen molar-refractivity contribution in [1.29, 1.82) is 0 Å². The zero-order valence-corrected chi connectivity index (χ0v) is 14.3. The molecule has 118 valence electrons. The minimum atomic E-state index is -4.13. The minimum Gasteiger partial charge on any atom is -0.293 e. The Kier molecular flexibility index (Phi) is 3.96. The van der Waals surface area contributed by atoms with Crippen LogP contribution in [0.1, 0.15) is 17.4 Å². The highest BCUT2D eigenvalue weighted by Gasteiger charge is 2.28. The first-order valence-corrected chi connectivity index (χ1v) is 8.84. The topological polar surface area (TPSA) is 56.1 Å². The van der Waals surface area contributed by atoms with Crippen molar-refractivity contribution < 1.29 is 13.2 Å². The number of carbonyl (C=O) groups excluding carboxylic acids is 1. The first-order chi connectivity index (χ1) is 10.8. The Morgan fingerprint density at radius 3 is 2.22 bits per heavy atom. The summed E-state index contributed by atoms with van der Waals surface area (Å²) >= 11 is 12.1. The molecule has 0 saturated heterocycles. The fourth-order valence-corrected chi connectivity index (χ4v) is 5.11. The number of para-hydroxylation sites is 1. The van der Waals surface area contributed by atoms with Gasteiger partial charge >= 0.3 is 0 Å². The zero-order chi connectivity index (χ0) is 16.8. The van der Waals surface area contributed by atoms with E-state index >= 15 is 0 Å². The molecule has 0 aliphatic rings. The van der Waals surface area contributed by atoms with Crippen molar-refractivity contribution in [3.8, 4) is 0 Å². The molecule has 0 fully saturated rings. The first kappa shape index (κ1) is 16.1. The van der Waals surface area contributed by atoms with E-state index in [4.69, 9.17) is 23.2 Å². The summed E-state index contributed by atoms with van der Waals surface area (Å²) in [5, 5.41) is 0.652. The molecule has 7 heteroatoms. The zero-order valence-electron chi connectivity index (χ0n) is 12.0. The van der Waals surface area contributed by atoms with Crippen LogP contribution in [0.2, 0.25) is 10.0 Å². The summed E-state index contributed by atoms with van der Waals surface area (Å²) in [6.07, 6.45) is 0. The van der Waals surface area contributed by atoms with Gasteiger partial charge in [-0.1, -0.05) is 47.5 Å². The number of nitrogens with zero attached hydrogens (tertiary/aromatic N) is 1. The Hall–Kier alpha value is -1.82. The van der Waals surface area contributed by atoms with Gasteiger partial charge in [0.1, 0.15) is 10.6 Å². The number of hydrogen-bond acceptors (Lipinski definition) is 3. The van der Waals surface area contributed by atoms with Crippen LogP contribution in [0, 0.1) is 0 Å². The van der Waals surface area contributed by atoms with Gasteiger partial charge in [-0.25, -0.2) is 12.4 Å². The number of ketones is 1. The van der Waals surface area contributed by atoms with Crippen LogP contribution in [0.5, 0.6) is 0 Å². The summed E-state index contributed by atoms with van der Waals surface area (Å²) < 4.78 is 27.2. The molecular formula is C16H11Cl2NO3S. The van der Waals surface area contributed by atoms with Crippen molar-refractivity contribution in [3.63, 3.8) is 0 Å². The van der Waals surface area contributed by atoms with Crippen LogP contribution in [0.4, 0.5) is 0 Å². The molecule has 0 aliphatic heterocycles. The van der Waals surface area contributed by atoms with E-state index in [1.54, 1.807) is 36.4 Å². The summed E-state index contributed by atoms with van der Waals surface area (Å²) in [6, 6.07) is 12.8. The fourth-order valence-electron chi connectivity index (χ4n) is 2.45. The van der Waals surface area contributed by atoms with E-state index in [0.717, 1.165) is 3.97 Å². The van der Waals surface area contributed by atoms with Crippen molar-refractivity contribution in [1.82, 2.24) is 3.97 Å². The SMILES string of the molecule is CC(=O)c1cc2ccccc2n1S(=O)(=O)c1c(Cl)cccc1Cl. The van der Waals surface area contributed by atoms with Gasteiger partial charge in [-0.15, -0.1) is 0 Å². The largest absolute Gasteiger partial charge is 0.293 e. The maximum absolute atomic E-state index is 13.1. The standard InChI is InChI=1S/C16H11Cl2NO3S/c1-10(20)15-9-11-5-2-3-8-14(11)19(15)23(21,22)16-12(17)6-4-7-13(16)18/h2-9H,1H3. The smallest absolute Gasteiger partial charge is 0.271 e. The Morgan fingerprint density at radius 1 is 1.00 bits per heavy atom. The Morgan fingerprint density at radius 2 is 1.61 bits per heavy atom. The van der Waals surface area contributed by atoms with Gasteiger partial charge in [0, 0.05) is 12.3 Å². The molecule has 0 radical (unpaired) electrons. The van der Waals surface area contributed by atoms with Crippen LogP contribution in [0.3, 0.4) is 0 Å². The van der Waals surface area contributed by atoms with E-state index in [-0.39, 0.29) is 26.4 Å². The van der Waals surface area contributed by atoms with E-state index < -0.39 is 10.0 Å². The van der Waals surface area contributed by atoms with E-state index in [9.17, 15) is 13.2 Å². The Labute approximate surface area is 143 Å². The lowest BCUT2D eigenvalue weighted by molar-refractivity contribution is 0.101. The van der Waals surface area contributed by atoms with Gasteiger partial charge in [0.05, 0.1) is 15.6 Å². The minimum absolute atomic E-state index is 0.00443. The molecule has 4 nitrogen and oxygen atoms in total. The van der Waals surface area contributed by atoms with Crippen molar-refractivity contribution in [2.75, 3.05) is 0 Å². The number of fused-ring (bicyclic) bond motifs is 1. The van der Waals surface area contributed by atoms with Gasteiger partial charge < -0.3 is 0 Å². The average molecular weight is 368 g/mol. The number of carbonyl (C=O) groups is 1. The van der Waals surface area contributed by atoms with Gasteiger partial charge in [-0.3, -0.25) is 4.79 Å². The Balaban J connectivity index is 2.44. The van der Waals surface area contributed by atoms with E-state index in [2.05, 4.69) is 0 Å². The lowest BCUT2D eigenvalue weighted by Crippen LogP contribution is -2.18. The van der Waals surface area contributed by atoms with E-state index in [0.29, 0.717) is 10.9 Å². The molecule has 0 amide bonds. The maximum atomic E-state index is 13.1. The molecule has 1 heterocycles. The van der Waals surface area contributed by atoms with Gasteiger partial charge in [-0.2, -0.15) is 0 Å². The van der Waals surface area contributed by atoms with Crippen LogP contribution in [0.15, 0.2) is 53.4 Å². The molecule has 0 bridgehead atoms. The lowest BCUT2D eigenvalue weighted by atomic mass is 10.2. The van der Waals surface area contributed by atoms with E-state index in [1.807, 2.05) is 0 Å². The molecule has 0 saturated carbocycles. The third kappa shape index (κ3) is 2.55. The van der Waals surface area contributed by atoms with Gasteiger partial charge in [0.25, 0.3) is 10.0 Å². The fraction of sp³-hybridized carbons (Fsp3) is 0.0625. The van der Waals surface area contributed by atoms with Crippen molar-refractivity contribution in [2.24, 2.45) is 0 Å². The second-order valence-electron chi connectivity index (χ2n) is 4.96. The van der Waals surface area contributed by atoms with Crippen LogP contribution < -0.4 is 0 Å². The monoisotopic (exact) mass is 367 g/mol. The van der Waals surface area contributed by atoms with Crippen LogP contribution in [-0.2, 0) is 10.0 Å². The van der Waals surface area contributed by atoms with E-state index in [1.165, 1.54) is 19.1 Å². The van der Waals surface area contributed by atoms with Crippen molar-refractivity contribution in [3.05, 3.63) is 64.3 Å². The van der Waals surface area contributed by atoms with Gasteiger partial charge in [0.2, 0.25) is 0 Å². The molecule has 23 heavy (non-hydrogen) atoms. The number of rotatable bonds is 3. The molecule has 0 N–H and O–H groups in total. The highest BCUT2D eigenvalue weighted by molar-refractivity contribution is 7.90. The Bertz CT molecular complexity index is 1020. The number of Topliss-reactive ketones (excluding diaryl/α,β-unsaturated/α-hetero) is 1. The summed E-state index contributed by atoms with van der Waals surface area (Å²) in [6.45, 7) is 1.31. The van der Waals surface area contributed by atoms with Crippen LogP contribution in [0.25, 0.3) is 10.9 Å². The van der Waals surface area contributed by atoms with Crippen LogP contribution >= 0.6 is 23.2 Å². The van der Waals surface area contributed by atoms with Crippen molar-refractivity contribution in [2.45, 2.75) is 11.8 Å². The second kappa shape index (κ2) is 5.67. The number of hydrogen-bond donors (Lipinski definition) is 0. The number of aromatic nitrogens is 1. The highest BCUT2D eigenvalue weighted by atomic mass is 35.5. The predicted molar refractivity (Wildman–Crippen MR) is 91.0 cm³/mol. The van der Waals surface area contributed by atoms with Gasteiger partial charge in [0.15, 0.2) is 5.78 Å². The molecule has 3 rings (SSSR count). The highest BCUT2D eigenvalue weighted by Crippen LogP contribution is 2.34. The van der Waals surface area contributed by atoms with Crippen LogP contribution in [-0.4, -0.2) is 18.2 Å². The summed E-state index contributed by atoms with van der Waals surface area (Å²) in [5.74, 6) is -0.368. The molecular weight excluding hydrogens is 357 g/mol. The average Bonchev–Trinajstić information content (AvgIpc) is 2.87. The lowest BCUT2D eigenvalue weighted by Gasteiger charge is -2.13. The quantitative estimate of drug-likeness (QED) is 0.645. The molecule has 0 spiro atoms. The summed E-state index contributed by atoms with van der Waals surface area (Å²) in [7, 11) is -4.13. The molecule has 0 unspecified atom stereocenters.